The molecule has 1 fully saturated rings. The summed E-state index contributed by atoms with van der Waals surface area (Å²) in [4.78, 5) is 20.2. The van der Waals surface area contributed by atoms with E-state index in [-0.39, 0.29) is 6.61 Å². The van der Waals surface area contributed by atoms with Crippen molar-refractivity contribution in [1.29, 1.82) is 0 Å². The van der Waals surface area contributed by atoms with Crippen molar-refractivity contribution in [2.45, 2.75) is 26.7 Å². The van der Waals surface area contributed by atoms with Crippen LogP contribution in [-0.2, 0) is 19.1 Å². The fourth-order valence-electron chi connectivity index (χ4n) is 0.743. The van der Waals surface area contributed by atoms with Gasteiger partial charge in [0, 0.05) is 20.1 Å². The Morgan fingerprint density at radius 3 is 2.00 bits per heavy atom. The van der Waals surface area contributed by atoms with Gasteiger partial charge < -0.3 is 9.47 Å². The molecule has 0 radical (unpaired) electrons. The molecule has 1 rings (SSSR count). The number of carbonyl (C=O) groups excluding carboxylic acids is 2. The third-order valence-corrected chi connectivity index (χ3v) is 1.39. The van der Waals surface area contributed by atoms with Gasteiger partial charge in [0.05, 0.1) is 6.61 Å². The number of ether oxygens (including phenoxy) is 2. The van der Waals surface area contributed by atoms with E-state index in [1.54, 1.807) is 6.92 Å². The van der Waals surface area contributed by atoms with E-state index >= 15 is 0 Å². The van der Waals surface area contributed by atoms with Gasteiger partial charge in [-0.25, -0.2) is 4.79 Å². The lowest BCUT2D eigenvalue weighted by Crippen LogP contribution is -2.12. The zero-order valence-electron chi connectivity index (χ0n) is 8.17. The lowest BCUT2D eigenvalue weighted by molar-refractivity contribution is -0.152. The molecule has 0 unspecified atom stereocenters. The summed E-state index contributed by atoms with van der Waals surface area (Å²) in [5, 5.41) is 0. The largest absolute Gasteiger partial charge is 0.460 e. The minimum Gasteiger partial charge on any atom is -0.460 e. The van der Waals surface area contributed by atoms with Crippen LogP contribution < -0.4 is 0 Å². The summed E-state index contributed by atoms with van der Waals surface area (Å²) in [6, 6.07) is 0. The van der Waals surface area contributed by atoms with Crippen LogP contribution in [0, 0.1) is 0 Å². The number of esters is 1. The van der Waals surface area contributed by atoms with Crippen molar-refractivity contribution in [3.63, 3.8) is 0 Å². The van der Waals surface area contributed by atoms with Gasteiger partial charge in [0.25, 0.3) is 0 Å². The van der Waals surface area contributed by atoms with Gasteiger partial charge in [-0.15, -0.1) is 0 Å². The average molecular weight is 188 g/mol. The van der Waals surface area contributed by atoms with Crippen LogP contribution in [0.4, 0.5) is 0 Å². The van der Waals surface area contributed by atoms with Crippen LogP contribution in [0.1, 0.15) is 26.7 Å². The molecule has 0 bridgehead atoms. The Hall–Kier alpha value is -0.900. The molecule has 0 amide bonds. The average Bonchev–Trinajstić information content (AvgIpc) is 2.61. The maximum Gasteiger partial charge on any atom is 0.374 e. The van der Waals surface area contributed by atoms with E-state index in [4.69, 9.17) is 4.74 Å². The van der Waals surface area contributed by atoms with Gasteiger partial charge in [0.1, 0.15) is 0 Å². The molecule has 1 saturated heterocycles. The second-order valence-corrected chi connectivity index (χ2v) is 2.60. The van der Waals surface area contributed by atoms with Crippen molar-refractivity contribution in [2.75, 3.05) is 19.8 Å². The Morgan fingerprint density at radius 1 is 1.31 bits per heavy atom. The van der Waals surface area contributed by atoms with Crippen molar-refractivity contribution in [1.82, 2.24) is 0 Å². The molecule has 1 aliphatic rings. The van der Waals surface area contributed by atoms with Crippen LogP contribution in [0.2, 0.25) is 0 Å². The highest BCUT2D eigenvalue weighted by Crippen LogP contribution is 1.98. The lowest BCUT2D eigenvalue weighted by Gasteiger charge is -1.93. The van der Waals surface area contributed by atoms with E-state index in [0.29, 0.717) is 0 Å². The van der Waals surface area contributed by atoms with Crippen LogP contribution in [0.15, 0.2) is 0 Å². The molecule has 76 valence electrons. The standard InChI is InChI=1S/C5H8O3.C4H8O/c1-3-8-5(7)4(2)6;1-2-4-5-3-1/h3H2,1-2H3;1-4H2. The molecule has 0 aliphatic carbocycles. The quantitative estimate of drug-likeness (QED) is 0.478. The number of Topliss-reactive ketones (excluding diaryl/α,β-unsaturated/α-hetero) is 1. The third kappa shape index (κ3) is 7.46. The minimum atomic E-state index is -0.757. The van der Waals surface area contributed by atoms with Crippen molar-refractivity contribution in [3.8, 4) is 0 Å². The Labute approximate surface area is 78.2 Å². The fourth-order valence-corrected chi connectivity index (χ4v) is 0.743. The minimum absolute atomic E-state index is 0.262. The molecule has 0 atom stereocenters. The second-order valence-electron chi connectivity index (χ2n) is 2.60. The second kappa shape index (κ2) is 7.73. The van der Waals surface area contributed by atoms with Crippen LogP contribution in [-0.4, -0.2) is 31.6 Å². The topological polar surface area (TPSA) is 52.6 Å². The van der Waals surface area contributed by atoms with Gasteiger partial charge in [-0.3, -0.25) is 4.79 Å². The summed E-state index contributed by atoms with van der Waals surface area (Å²) < 4.78 is 9.26. The Balaban J connectivity index is 0.000000243. The summed E-state index contributed by atoms with van der Waals surface area (Å²) in [5.41, 5.74) is 0. The van der Waals surface area contributed by atoms with Gasteiger partial charge in [-0.1, -0.05) is 0 Å². The maximum atomic E-state index is 10.2. The molecule has 4 nitrogen and oxygen atoms in total. The molecule has 0 saturated carbocycles. The molecular weight excluding hydrogens is 172 g/mol. The molecule has 0 aromatic heterocycles. The van der Waals surface area contributed by atoms with Crippen molar-refractivity contribution >= 4 is 11.8 Å². The van der Waals surface area contributed by atoms with Gasteiger partial charge in [0.2, 0.25) is 5.78 Å². The van der Waals surface area contributed by atoms with Crippen LogP contribution in [0.25, 0.3) is 0 Å². The molecular formula is C9H16O4. The molecule has 0 spiro atoms. The summed E-state index contributed by atoms with van der Waals surface area (Å²) in [5.74, 6) is -1.31. The summed E-state index contributed by atoms with van der Waals surface area (Å²) in [6.45, 7) is 5.09. The highest BCUT2D eigenvalue weighted by molar-refractivity contribution is 6.32. The zero-order chi connectivity index (χ0) is 10.1. The summed E-state index contributed by atoms with van der Waals surface area (Å²) >= 11 is 0. The number of rotatable bonds is 2. The van der Waals surface area contributed by atoms with E-state index in [9.17, 15) is 9.59 Å². The highest BCUT2D eigenvalue weighted by atomic mass is 16.5. The van der Waals surface area contributed by atoms with Gasteiger partial charge >= 0.3 is 5.97 Å². The SMILES string of the molecule is C1CCOC1.CCOC(=O)C(C)=O. The molecule has 0 aromatic carbocycles. The Bertz CT molecular complexity index is 153. The number of hydrogen-bond donors (Lipinski definition) is 0. The first-order chi connectivity index (χ1) is 6.18. The van der Waals surface area contributed by atoms with Gasteiger partial charge in [-0.2, -0.15) is 0 Å². The molecule has 0 N–H and O–H groups in total. The molecule has 1 aliphatic heterocycles. The Kier molecular flexibility index (Phi) is 7.20. The van der Waals surface area contributed by atoms with E-state index in [0.717, 1.165) is 13.2 Å². The monoisotopic (exact) mass is 188 g/mol. The maximum absolute atomic E-state index is 10.2. The van der Waals surface area contributed by atoms with Crippen molar-refractivity contribution in [2.24, 2.45) is 0 Å². The number of carbonyl (C=O) groups is 2. The van der Waals surface area contributed by atoms with Crippen molar-refractivity contribution in [3.05, 3.63) is 0 Å². The molecule has 4 heteroatoms. The van der Waals surface area contributed by atoms with E-state index < -0.39 is 11.8 Å². The van der Waals surface area contributed by atoms with E-state index in [2.05, 4.69) is 4.74 Å². The third-order valence-electron chi connectivity index (χ3n) is 1.39. The molecule has 0 aromatic rings. The first-order valence-corrected chi connectivity index (χ1v) is 4.44. The number of ketones is 1. The predicted molar refractivity (Wildman–Crippen MR) is 47.4 cm³/mol. The first kappa shape index (κ1) is 12.1. The Morgan fingerprint density at radius 2 is 1.85 bits per heavy atom. The molecule has 1 heterocycles. The lowest BCUT2D eigenvalue weighted by atomic mass is 10.4. The number of hydrogen-bond acceptors (Lipinski definition) is 4. The zero-order valence-corrected chi connectivity index (χ0v) is 8.17. The van der Waals surface area contributed by atoms with E-state index in [1.807, 2.05) is 0 Å². The van der Waals surface area contributed by atoms with E-state index in [1.165, 1.54) is 19.8 Å². The van der Waals surface area contributed by atoms with Crippen LogP contribution >= 0.6 is 0 Å². The van der Waals surface area contributed by atoms with Crippen molar-refractivity contribution < 1.29 is 19.1 Å². The van der Waals surface area contributed by atoms with Crippen LogP contribution in [0.5, 0.6) is 0 Å². The smallest absolute Gasteiger partial charge is 0.374 e. The first-order valence-electron chi connectivity index (χ1n) is 4.44. The fraction of sp³-hybridized carbons (Fsp3) is 0.778. The molecule has 13 heavy (non-hydrogen) atoms. The highest BCUT2D eigenvalue weighted by Gasteiger charge is 2.05. The normalized spacial score (nSPS) is 14.3. The van der Waals surface area contributed by atoms with Crippen LogP contribution in [0.3, 0.4) is 0 Å². The predicted octanol–water partition coefficient (Wildman–Crippen LogP) is 0.935. The summed E-state index contributed by atoms with van der Waals surface area (Å²) in [7, 11) is 0. The summed E-state index contributed by atoms with van der Waals surface area (Å²) in [6.07, 6.45) is 2.56. The van der Waals surface area contributed by atoms with Gasteiger partial charge in [0.15, 0.2) is 0 Å². The van der Waals surface area contributed by atoms with Gasteiger partial charge in [-0.05, 0) is 19.8 Å².